The number of aromatic nitrogens is 2. The molecule has 0 aliphatic carbocycles. The molecular formula is C11H18N4. The van der Waals surface area contributed by atoms with Crippen molar-refractivity contribution in [2.45, 2.75) is 20.3 Å². The summed E-state index contributed by atoms with van der Waals surface area (Å²) in [6, 6.07) is 1.85. The number of nitrogens with two attached hydrogens (primary N) is 1. The van der Waals surface area contributed by atoms with Crippen LogP contribution < -0.4 is 10.6 Å². The van der Waals surface area contributed by atoms with Gasteiger partial charge in [0.15, 0.2) is 0 Å². The summed E-state index contributed by atoms with van der Waals surface area (Å²) in [7, 11) is 0. The minimum absolute atomic E-state index is 0.547. The van der Waals surface area contributed by atoms with Gasteiger partial charge >= 0.3 is 0 Å². The van der Waals surface area contributed by atoms with Crippen LogP contribution in [0.15, 0.2) is 12.4 Å². The summed E-state index contributed by atoms with van der Waals surface area (Å²) in [5, 5.41) is 0. The first kappa shape index (κ1) is 10.2. The molecule has 4 heteroatoms. The summed E-state index contributed by atoms with van der Waals surface area (Å²) in [6.07, 6.45) is 2.84. The molecule has 2 heterocycles. The molecule has 0 amide bonds. The minimum Gasteiger partial charge on any atom is -0.384 e. The normalized spacial score (nSPS) is 26.7. The molecule has 0 aromatic carbocycles. The SMILES string of the molecule is C[C@@H]1C[C@H](C)CN(c2cc(N)ncn2)C1. The highest BCUT2D eigenvalue weighted by atomic mass is 15.2. The maximum atomic E-state index is 5.66. The summed E-state index contributed by atoms with van der Waals surface area (Å²) in [4.78, 5) is 10.5. The first-order chi connectivity index (χ1) is 7.15. The fourth-order valence-corrected chi connectivity index (χ4v) is 2.38. The third-order valence-corrected chi connectivity index (χ3v) is 2.87. The Labute approximate surface area is 90.5 Å². The van der Waals surface area contributed by atoms with Gasteiger partial charge in [0, 0.05) is 19.2 Å². The molecule has 0 spiro atoms. The second kappa shape index (κ2) is 4.04. The van der Waals surface area contributed by atoms with Gasteiger partial charge in [-0.1, -0.05) is 13.8 Å². The zero-order chi connectivity index (χ0) is 10.8. The lowest BCUT2D eigenvalue weighted by Gasteiger charge is -2.35. The largest absolute Gasteiger partial charge is 0.384 e. The van der Waals surface area contributed by atoms with Crippen LogP contribution in [-0.2, 0) is 0 Å². The Kier molecular flexibility index (Phi) is 2.75. The van der Waals surface area contributed by atoms with E-state index in [0.29, 0.717) is 5.82 Å². The number of anilines is 2. The molecule has 2 atom stereocenters. The van der Waals surface area contributed by atoms with E-state index in [-0.39, 0.29) is 0 Å². The van der Waals surface area contributed by atoms with Gasteiger partial charge in [0.25, 0.3) is 0 Å². The molecule has 1 aromatic rings. The number of rotatable bonds is 1. The zero-order valence-electron chi connectivity index (χ0n) is 9.35. The summed E-state index contributed by atoms with van der Waals surface area (Å²) < 4.78 is 0. The van der Waals surface area contributed by atoms with Gasteiger partial charge in [-0.25, -0.2) is 9.97 Å². The van der Waals surface area contributed by atoms with Crippen molar-refractivity contribution in [3.63, 3.8) is 0 Å². The lowest BCUT2D eigenvalue weighted by molar-refractivity contribution is 0.355. The fraction of sp³-hybridized carbons (Fsp3) is 0.636. The van der Waals surface area contributed by atoms with Crippen LogP contribution in [0.1, 0.15) is 20.3 Å². The van der Waals surface area contributed by atoms with Gasteiger partial charge in [-0.15, -0.1) is 0 Å². The molecule has 1 aromatic heterocycles. The van der Waals surface area contributed by atoms with E-state index in [9.17, 15) is 0 Å². The summed E-state index contributed by atoms with van der Waals surface area (Å²) in [5.41, 5.74) is 5.66. The Balaban J connectivity index is 2.16. The van der Waals surface area contributed by atoms with E-state index >= 15 is 0 Å². The molecule has 15 heavy (non-hydrogen) atoms. The van der Waals surface area contributed by atoms with Crippen LogP contribution >= 0.6 is 0 Å². The molecule has 1 saturated heterocycles. The Morgan fingerprint density at radius 3 is 2.53 bits per heavy atom. The molecule has 82 valence electrons. The number of piperidine rings is 1. The molecule has 2 N–H and O–H groups in total. The third-order valence-electron chi connectivity index (χ3n) is 2.87. The summed E-state index contributed by atoms with van der Waals surface area (Å²) in [5.74, 6) is 2.96. The van der Waals surface area contributed by atoms with Gasteiger partial charge in [-0.3, -0.25) is 0 Å². The van der Waals surface area contributed by atoms with Crippen molar-refractivity contribution in [3.05, 3.63) is 12.4 Å². The van der Waals surface area contributed by atoms with E-state index < -0.39 is 0 Å². The predicted molar refractivity (Wildman–Crippen MR) is 61.6 cm³/mol. The number of nitrogen functional groups attached to an aromatic ring is 1. The first-order valence-electron chi connectivity index (χ1n) is 5.47. The zero-order valence-corrected chi connectivity index (χ0v) is 9.35. The van der Waals surface area contributed by atoms with Gasteiger partial charge in [-0.05, 0) is 18.3 Å². The average molecular weight is 206 g/mol. The minimum atomic E-state index is 0.547. The van der Waals surface area contributed by atoms with E-state index in [1.165, 1.54) is 12.7 Å². The third kappa shape index (κ3) is 2.37. The smallest absolute Gasteiger partial charge is 0.134 e. The van der Waals surface area contributed by atoms with Crippen molar-refractivity contribution in [1.82, 2.24) is 9.97 Å². The van der Waals surface area contributed by atoms with Gasteiger partial charge in [-0.2, -0.15) is 0 Å². The molecule has 4 nitrogen and oxygen atoms in total. The highest BCUT2D eigenvalue weighted by molar-refractivity contribution is 5.46. The highest BCUT2D eigenvalue weighted by Gasteiger charge is 2.22. The van der Waals surface area contributed by atoms with Gasteiger partial charge in [0.1, 0.15) is 18.0 Å². The molecule has 1 fully saturated rings. The number of hydrogen-bond donors (Lipinski definition) is 1. The molecule has 0 bridgehead atoms. The highest BCUT2D eigenvalue weighted by Crippen LogP contribution is 2.25. The Bertz CT molecular complexity index is 329. The topological polar surface area (TPSA) is 55.0 Å². The van der Waals surface area contributed by atoms with Crippen molar-refractivity contribution >= 4 is 11.6 Å². The van der Waals surface area contributed by atoms with E-state index in [4.69, 9.17) is 5.73 Å². The monoisotopic (exact) mass is 206 g/mol. The van der Waals surface area contributed by atoms with Crippen molar-refractivity contribution < 1.29 is 0 Å². The van der Waals surface area contributed by atoms with Crippen molar-refractivity contribution in [2.24, 2.45) is 11.8 Å². The van der Waals surface area contributed by atoms with Crippen LogP contribution in [0.5, 0.6) is 0 Å². The molecule has 2 rings (SSSR count). The van der Waals surface area contributed by atoms with Gasteiger partial charge in [0.2, 0.25) is 0 Å². The number of hydrogen-bond acceptors (Lipinski definition) is 4. The molecule has 0 saturated carbocycles. The standard InChI is InChI=1S/C11H18N4/c1-8-3-9(2)6-15(5-8)11-4-10(12)13-7-14-11/h4,7-9H,3,5-6H2,1-2H3,(H2,12,13,14)/t8-,9+. The average Bonchev–Trinajstić information content (AvgIpc) is 2.16. The second-order valence-electron chi connectivity index (χ2n) is 4.65. The van der Waals surface area contributed by atoms with E-state index in [1.54, 1.807) is 0 Å². The van der Waals surface area contributed by atoms with Crippen LogP contribution in [0.2, 0.25) is 0 Å². The van der Waals surface area contributed by atoms with Crippen LogP contribution in [0, 0.1) is 11.8 Å². The van der Waals surface area contributed by atoms with E-state index in [0.717, 1.165) is 30.7 Å². The Morgan fingerprint density at radius 2 is 1.93 bits per heavy atom. The van der Waals surface area contributed by atoms with E-state index in [2.05, 4.69) is 28.7 Å². The van der Waals surface area contributed by atoms with Crippen LogP contribution in [0.4, 0.5) is 11.6 Å². The van der Waals surface area contributed by atoms with Crippen molar-refractivity contribution in [2.75, 3.05) is 23.7 Å². The first-order valence-corrected chi connectivity index (χ1v) is 5.47. The molecule has 0 radical (unpaired) electrons. The molecule has 0 unspecified atom stereocenters. The lowest BCUT2D eigenvalue weighted by Crippen LogP contribution is -2.39. The van der Waals surface area contributed by atoms with E-state index in [1.807, 2.05) is 6.07 Å². The van der Waals surface area contributed by atoms with Crippen LogP contribution in [-0.4, -0.2) is 23.1 Å². The maximum Gasteiger partial charge on any atom is 0.134 e. The maximum absolute atomic E-state index is 5.66. The lowest BCUT2D eigenvalue weighted by atomic mass is 9.92. The Morgan fingerprint density at radius 1 is 1.27 bits per heavy atom. The fourth-order valence-electron chi connectivity index (χ4n) is 2.38. The molecular weight excluding hydrogens is 188 g/mol. The predicted octanol–water partition coefficient (Wildman–Crippen LogP) is 1.54. The van der Waals surface area contributed by atoms with Gasteiger partial charge < -0.3 is 10.6 Å². The quantitative estimate of drug-likeness (QED) is 0.757. The second-order valence-corrected chi connectivity index (χ2v) is 4.65. The summed E-state index contributed by atoms with van der Waals surface area (Å²) >= 11 is 0. The Hall–Kier alpha value is -1.32. The molecule has 1 aliphatic heterocycles. The van der Waals surface area contributed by atoms with Crippen molar-refractivity contribution in [3.8, 4) is 0 Å². The van der Waals surface area contributed by atoms with Crippen LogP contribution in [0.25, 0.3) is 0 Å². The van der Waals surface area contributed by atoms with Crippen molar-refractivity contribution in [1.29, 1.82) is 0 Å². The van der Waals surface area contributed by atoms with Gasteiger partial charge in [0.05, 0.1) is 0 Å². The number of nitrogens with zero attached hydrogens (tertiary/aromatic N) is 3. The van der Waals surface area contributed by atoms with Crippen LogP contribution in [0.3, 0.4) is 0 Å². The summed E-state index contributed by atoms with van der Waals surface area (Å²) in [6.45, 7) is 6.71. The molecule has 1 aliphatic rings.